The molecule has 0 unspecified atom stereocenters. The first-order chi connectivity index (χ1) is 25.3. The molecular formula is C48H31NOS. The smallest absolute Gasteiger partial charge is 0.137 e. The van der Waals surface area contributed by atoms with E-state index in [0.717, 1.165) is 39.2 Å². The second kappa shape index (κ2) is 12.2. The third-order valence-electron chi connectivity index (χ3n) is 9.89. The zero-order valence-electron chi connectivity index (χ0n) is 27.7. The molecule has 2 heterocycles. The standard InChI is InChI=1S/C48H31NOS/c1-3-11-32(12-4-1)34-19-25-37(26-20-34)49(38-27-21-35(22-28-38)33-13-5-2-6-14-33)39-29-23-36(24-30-39)42-31-44-47(40-15-7-9-17-43(40)50-44)48-46(42)41-16-8-10-18-45(41)51-48/h1-31H. The number of para-hydroxylation sites is 1. The van der Waals surface area contributed by atoms with Gasteiger partial charge in [-0.15, -0.1) is 11.3 Å². The number of rotatable bonds is 6. The summed E-state index contributed by atoms with van der Waals surface area (Å²) in [4.78, 5) is 2.34. The van der Waals surface area contributed by atoms with Gasteiger partial charge >= 0.3 is 0 Å². The van der Waals surface area contributed by atoms with Gasteiger partial charge in [-0.3, -0.25) is 0 Å². The van der Waals surface area contributed by atoms with Crippen LogP contribution < -0.4 is 4.90 Å². The topological polar surface area (TPSA) is 16.4 Å². The van der Waals surface area contributed by atoms with Crippen molar-refractivity contribution in [3.05, 3.63) is 188 Å². The van der Waals surface area contributed by atoms with Crippen molar-refractivity contribution in [2.45, 2.75) is 0 Å². The van der Waals surface area contributed by atoms with E-state index in [4.69, 9.17) is 4.42 Å². The lowest BCUT2D eigenvalue weighted by atomic mass is 9.96. The summed E-state index contributed by atoms with van der Waals surface area (Å²) in [7, 11) is 0. The molecule has 0 amide bonds. The van der Waals surface area contributed by atoms with E-state index in [1.54, 1.807) is 0 Å². The number of benzene rings is 8. The Labute approximate surface area is 300 Å². The summed E-state index contributed by atoms with van der Waals surface area (Å²) in [5.41, 5.74) is 12.3. The van der Waals surface area contributed by atoms with E-state index in [-0.39, 0.29) is 0 Å². The van der Waals surface area contributed by atoms with E-state index < -0.39 is 0 Å². The average molecular weight is 670 g/mol. The Morgan fingerprint density at radius 1 is 0.373 bits per heavy atom. The molecule has 0 aliphatic carbocycles. The summed E-state index contributed by atoms with van der Waals surface area (Å²) in [6.45, 7) is 0. The van der Waals surface area contributed by atoms with E-state index in [1.165, 1.54) is 53.4 Å². The molecule has 10 rings (SSSR count). The van der Waals surface area contributed by atoms with E-state index >= 15 is 0 Å². The first kappa shape index (κ1) is 29.5. The fourth-order valence-electron chi connectivity index (χ4n) is 7.42. The van der Waals surface area contributed by atoms with E-state index in [9.17, 15) is 0 Å². The Balaban J connectivity index is 1.11. The van der Waals surface area contributed by atoms with Crippen LogP contribution in [-0.2, 0) is 0 Å². The molecule has 51 heavy (non-hydrogen) atoms. The van der Waals surface area contributed by atoms with Crippen LogP contribution in [-0.4, -0.2) is 0 Å². The molecule has 0 bridgehead atoms. The van der Waals surface area contributed by atoms with Gasteiger partial charge in [0.1, 0.15) is 11.2 Å². The fourth-order valence-corrected chi connectivity index (χ4v) is 8.71. The van der Waals surface area contributed by atoms with Gasteiger partial charge in [0.25, 0.3) is 0 Å². The Bertz CT molecular complexity index is 2730. The number of anilines is 3. The fraction of sp³-hybridized carbons (Fsp3) is 0. The van der Waals surface area contributed by atoms with Crippen LogP contribution in [0.2, 0.25) is 0 Å². The summed E-state index contributed by atoms with van der Waals surface area (Å²) >= 11 is 1.85. The quantitative estimate of drug-likeness (QED) is 0.175. The Morgan fingerprint density at radius 2 is 0.843 bits per heavy atom. The number of hydrogen-bond acceptors (Lipinski definition) is 3. The van der Waals surface area contributed by atoms with Gasteiger partial charge < -0.3 is 9.32 Å². The zero-order valence-corrected chi connectivity index (χ0v) is 28.5. The molecule has 0 atom stereocenters. The van der Waals surface area contributed by atoms with Crippen molar-refractivity contribution in [2.75, 3.05) is 4.90 Å². The van der Waals surface area contributed by atoms with Crippen molar-refractivity contribution in [1.82, 2.24) is 0 Å². The highest BCUT2D eigenvalue weighted by Crippen LogP contribution is 2.47. The predicted octanol–water partition coefficient (Wildman–Crippen LogP) is 14.4. The second-order valence-corrected chi connectivity index (χ2v) is 14.0. The third kappa shape index (κ3) is 5.10. The Morgan fingerprint density at radius 3 is 1.43 bits per heavy atom. The largest absolute Gasteiger partial charge is 0.456 e. The van der Waals surface area contributed by atoms with E-state index in [1.807, 2.05) is 17.4 Å². The maximum Gasteiger partial charge on any atom is 0.137 e. The van der Waals surface area contributed by atoms with Crippen LogP contribution in [0, 0.1) is 0 Å². The highest BCUT2D eigenvalue weighted by Gasteiger charge is 2.20. The molecular weight excluding hydrogens is 639 g/mol. The first-order valence-corrected chi connectivity index (χ1v) is 18.1. The van der Waals surface area contributed by atoms with Gasteiger partial charge in [0.05, 0.1) is 0 Å². The molecule has 240 valence electrons. The monoisotopic (exact) mass is 669 g/mol. The van der Waals surface area contributed by atoms with Gasteiger partial charge in [-0.05, 0) is 88.0 Å². The lowest BCUT2D eigenvalue weighted by molar-refractivity contribution is 0.669. The zero-order chi connectivity index (χ0) is 33.7. The maximum absolute atomic E-state index is 6.48. The SMILES string of the molecule is c1ccc(-c2ccc(N(c3ccc(-c4ccccc4)cc3)c3ccc(-c4cc5oc6ccccc6c5c5sc6ccccc6c45)cc3)cc2)cc1. The first-order valence-electron chi connectivity index (χ1n) is 17.3. The molecule has 0 spiro atoms. The van der Waals surface area contributed by atoms with Crippen molar-refractivity contribution < 1.29 is 4.42 Å². The number of thiophene rings is 1. The molecule has 0 aliphatic heterocycles. The maximum atomic E-state index is 6.48. The molecule has 2 aromatic heterocycles. The lowest BCUT2D eigenvalue weighted by Crippen LogP contribution is -2.09. The molecule has 2 nitrogen and oxygen atoms in total. The van der Waals surface area contributed by atoms with Crippen LogP contribution in [0.4, 0.5) is 17.1 Å². The van der Waals surface area contributed by atoms with E-state index in [2.05, 4.69) is 187 Å². The van der Waals surface area contributed by atoms with Gasteiger partial charge in [0, 0.05) is 48.0 Å². The van der Waals surface area contributed by atoms with Crippen LogP contribution in [0.15, 0.2) is 192 Å². The van der Waals surface area contributed by atoms with Gasteiger partial charge in [-0.1, -0.05) is 133 Å². The minimum atomic E-state index is 0.922. The van der Waals surface area contributed by atoms with E-state index in [0.29, 0.717) is 0 Å². The van der Waals surface area contributed by atoms with Crippen molar-refractivity contribution in [1.29, 1.82) is 0 Å². The van der Waals surface area contributed by atoms with Gasteiger partial charge in [0.2, 0.25) is 0 Å². The highest BCUT2D eigenvalue weighted by atomic mass is 32.1. The van der Waals surface area contributed by atoms with Gasteiger partial charge in [-0.25, -0.2) is 0 Å². The third-order valence-corrected chi connectivity index (χ3v) is 11.1. The van der Waals surface area contributed by atoms with Crippen LogP contribution in [0.1, 0.15) is 0 Å². The number of nitrogens with zero attached hydrogens (tertiary/aromatic N) is 1. The average Bonchev–Trinajstić information content (AvgIpc) is 3.78. The normalized spacial score (nSPS) is 11.5. The molecule has 0 aliphatic rings. The van der Waals surface area contributed by atoms with Crippen LogP contribution >= 0.6 is 11.3 Å². The predicted molar refractivity (Wildman–Crippen MR) is 218 cm³/mol. The van der Waals surface area contributed by atoms with Crippen molar-refractivity contribution in [2.24, 2.45) is 0 Å². The van der Waals surface area contributed by atoms with Crippen LogP contribution in [0.3, 0.4) is 0 Å². The van der Waals surface area contributed by atoms with Crippen molar-refractivity contribution in [3.8, 4) is 33.4 Å². The Hall–Kier alpha value is -6.42. The summed E-state index contributed by atoms with van der Waals surface area (Å²) in [6.07, 6.45) is 0. The summed E-state index contributed by atoms with van der Waals surface area (Å²) < 4.78 is 9.04. The summed E-state index contributed by atoms with van der Waals surface area (Å²) in [5.74, 6) is 0. The molecule has 0 saturated carbocycles. The summed E-state index contributed by atoms with van der Waals surface area (Å²) in [5, 5.41) is 4.93. The lowest BCUT2D eigenvalue weighted by Gasteiger charge is -2.26. The molecule has 10 aromatic rings. The molecule has 0 fully saturated rings. The molecule has 0 saturated heterocycles. The molecule has 0 N–H and O–H groups in total. The number of hydrogen-bond donors (Lipinski definition) is 0. The molecule has 8 aromatic carbocycles. The molecule has 3 heteroatoms. The van der Waals surface area contributed by atoms with Crippen molar-refractivity contribution in [3.63, 3.8) is 0 Å². The number of furan rings is 1. The minimum absolute atomic E-state index is 0.922. The summed E-state index contributed by atoms with van der Waals surface area (Å²) in [6, 6.07) is 67.2. The minimum Gasteiger partial charge on any atom is -0.456 e. The van der Waals surface area contributed by atoms with Crippen molar-refractivity contribution >= 4 is 70.5 Å². The number of fused-ring (bicyclic) bond motifs is 7. The van der Waals surface area contributed by atoms with Crippen LogP contribution in [0.25, 0.3) is 75.5 Å². The van der Waals surface area contributed by atoms with Crippen LogP contribution in [0.5, 0.6) is 0 Å². The van der Waals surface area contributed by atoms with Gasteiger partial charge in [-0.2, -0.15) is 0 Å². The Kier molecular flexibility index (Phi) is 7.04. The van der Waals surface area contributed by atoms with Gasteiger partial charge in [0.15, 0.2) is 0 Å². The second-order valence-electron chi connectivity index (χ2n) is 12.9. The molecule has 0 radical (unpaired) electrons. The highest BCUT2D eigenvalue weighted by molar-refractivity contribution is 7.27.